The minimum Gasteiger partial charge on any atom is -0.292 e. The average Bonchev–Trinajstić information content (AvgIpc) is 2.51. The lowest BCUT2D eigenvalue weighted by Gasteiger charge is -2.07. The van der Waals surface area contributed by atoms with E-state index in [1.165, 1.54) is 10.9 Å². The first-order valence-corrected chi connectivity index (χ1v) is 8.64. The molecule has 22 heavy (non-hydrogen) atoms. The predicted octanol–water partition coefficient (Wildman–Crippen LogP) is 3.49. The summed E-state index contributed by atoms with van der Waals surface area (Å²) in [7, 11) is 0. The van der Waals surface area contributed by atoms with Crippen molar-refractivity contribution < 1.29 is 4.79 Å². The summed E-state index contributed by atoms with van der Waals surface area (Å²) in [5, 5.41) is 0.541. The number of rotatable bonds is 3. The van der Waals surface area contributed by atoms with Crippen molar-refractivity contribution in [2.24, 2.45) is 0 Å². The number of ketones is 1. The van der Waals surface area contributed by atoms with E-state index in [2.05, 4.69) is 50.2 Å². The Labute approximate surface area is 153 Å². The molecule has 0 atom stereocenters. The van der Waals surface area contributed by atoms with Gasteiger partial charge in [0.15, 0.2) is 5.78 Å². The highest BCUT2D eigenvalue weighted by Gasteiger charge is 2.12. The van der Waals surface area contributed by atoms with Crippen LogP contribution in [0.1, 0.15) is 10.4 Å². The fourth-order valence-electron chi connectivity index (χ4n) is 2.18. The number of hydrogen-bond donors (Lipinski definition) is 0. The van der Waals surface area contributed by atoms with Crippen LogP contribution in [0.25, 0.3) is 10.9 Å². The summed E-state index contributed by atoms with van der Waals surface area (Å²) in [6.45, 7) is -0.00611. The van der Waals surface area contributed by atoms with Crippen molar-refractivity contribution >= 4 is 61.9 Å². The lowest BCUT2D eigenvalue weighted by Crippen LogP contribution is -2.25. The Morgan fingerprint density at radius 1 is 1.14 bits per heavy atom. The smallest absolute Gasteiger partial charge is 0.261 e. The van der Waals surface area contributed by atoms with Gasteiger partial charge in [0, 0.05) is 12.7 Å². The number of benzene rings is 2. The van der Waals surface area contributed by atoms with E-state index in [9.17, 15) is 9.59 Å². The summed E-state index contributed by atoms with van der Waals surface area (Å²) in [6, 6.07) is 12.7. The van der Waals surface area contributed by atoms with Crippen molar-refractivity contribution in [3.63, 3.8) is 0 Å². The molecule has 0 aliphatic rings. The van der Waals surface area contributed by atoms with Crippen LogP contribution in [0, 0.1) is 7.14 Å². The number of carbonyl (C=O) groups is 1. The molecular weight excluding hydrogens is 506 g/mol. The largest absolute Gasteiger partial charge is 0.292 e. The van der Waals surface area contributed by atoms with E-state index in [0.717, 1.165) is 7.14 Å². The molecule has 0 saturated heterocycles. The molecule has 0 aliphatic carbocycles. The van der Waals surface area contributed by atoms with E-state index in [1.54, 1.807) is 30.3 Å². The van der Waals surface area contributed by atoms with Crippen molar-refractivity contribution in [1.29, 1.82) is 0 Å². The average molecular weight is 516 g/mol. The minimum atomic E-state index is -0.189. The van der Waals surface area contributed by atoms with Crippen LogP contribution in [0.5, 0.6) is 0 Å². The molecule has 3 aromatic rings. The number of aromatic nitrogens is 2. The molecule has 0 amide bonds. The van der Waals surface area contributed by atoms with Crippen molar-refractivity contribution in [3.05, 3.63) is 71.8 Å². The number of carbonyl (C=O) groups excluding carboxylic acids is 1. The van der Waals surface area contributed by atoms with Crippen LogP contribution in [-0.4, -0.2) is 15.3 Å². The third-order valence-electron chi connectivity index (χ3n) is 3.26. The molecule has 3 rings (SSSR count). The van der Waals surface area contributed by atoms with Crippen molar-refractivity contribution in [2.45, 2.75) is 6.54 Å². The molecule has 2 aromatic carbocycles. The first-order chi connectivity index (χ1) is 10.6. The molecule has 6 heteroatoms. The Morgan fingerprint density at radius 2 is 1.86 bits per heavy atom. The Morgan fingerprint density at radius 3 is 2.59 bits per heavy atom. The molecule has 1 heterocycles. The highest BCUT2D eigenvalue weighted by Crippen LogP contribution is 2.19. The summed E-state index contributed by atoms with van der Waals surface area (Å²) in [5.41, 5.74) is 1.08. The second-order valence-corrected chi connectivity index (χ2v) is 7.16. The maximum Gasteiger partial charge on any atom is 0.261 e. The summed E-state index contributed by atoms with van der Waals surface area (Å²) < 4.78 is 3.27. The van der Waals surface area contributed by atoms with Crippen molar-refractivity contribution in [3.8, 4) is 0 Å². The van der Waals surface area contributed by atoms with Gasteiger partial charge in [0.1, 0.15) is 0 Å². The molecular formula is C16H10I2N2O2. The number of halogens is 2. The lowest BCUT2D eigenvalue weighted by atomic mass is 10.1. The van der Waals surface area contributed by atoms with Gasteiger partial charge in [-0.3, -0.25) is 14.2 Å². The maximum absolute atomic E-state index is 12.6. The van der Waals surface area contributed by atoms with Crippen LogP contribution in [-0.2, 0) is 6.54 Å². The topological polar surface area (TPSA) is 52.0 Å². The van der Waals surface area contributed by atoms with Crippen molar-refractivity contribution in [2.75, 3.05) is 0 Å². The molecule has 0 bridgehead atoms. The Kier molecular flexibility index (Phi) is 4.57. The second kappa shape index (κ2) is 6.45. The zero-order valence-electron chi connectivity index (χ0n) is 11.3. The maximum atomic E-state index is 12.6. The normalized spacial score (nSPS) is 10.8. The fraction of sp³-hybridized carbons (Fsp3) is 0.0625. The van der Waals surface area contributed by atoms with Gasteiger partial charge in [0.25, 0.3) is 5.56 Å². The van der Waals surface area contributed by atoms with Gasteiger partial charge in [-0.2, -0.15) is 0 Å². The molecule has 0 aliphatic heterocycles. The van der Waals surface area contributed by atoms with Gasteiger partial charge in [-0.1, -0.05) is 30.3 Å². The third kappa shape index (κ3) is 3.07. The van der Waals surface area contributed by atoms with E-state index in [0.29, 0.717) is 16.5 Å². The standard InChI is InChI=1S/C16H10I2N2O2/c17-11-6-12-15(13(18)7-11)19-9-20(16(12)22)8-14(21)10-4-2-1-3-5-10/h1-7,9H,8H2. The Hall–Kier alpha value is -1.29. The molecule has 0 spiro atoms. The minimum absolute atomic E-state index is 0.00611. The summed E-state index contributed by atoms with van der Waals surface area (Å²) in [6.07, 6.45) is 1.44. The van der Waals surface area contributed by atoms with E-state index >= 15 is 0 Å². The predicted molar refractivity (Wildman–Crippen MR) is 102 cm³/mol. The Bertz CT molecular complexity index is 921. The zero-order chi connectivity index (χ0) is 15.7. The summed E-state index contributed by atoms with van der Waals surface area (Å²) in [4.78, 5) is 29.1. The number of hydrogen-bond acceptors (Lipinski definition) is 3. The second-order valence-electron chi connectivity index (χ2n) is 4.75. The van der Waals surface area contributed by atoms with Crippen molar-refractivity contribution in [1.82, 2.24) is 9.55 Å². The molecule has 1 aromatic heterocycles. The fourth-order valence-corrected chi connectivity index (χ4v) is 4.16. The SMILES string of the molecule is O=C(Cn1cnc2c(I)cc(I)cc2c1=O)c1ccccc1. The quantitative estimate of drug-likeness (QED) is 0.396. The number of fused-ring (bicyclic) bond motifs is 1. The molecule has 0 N–H and O–H groups in total. The van der Waals surface area contributed by atoms with E-state index < -0.39 is 0 Å². The molecule has 0 radical (unpaired) electrons. The van der Waals surface area contributed by atoms with Crippen LogP contribution in [0.2, 0.25) is 0 Å². The first-order valence-electron chi connectivity index (χ1n) is 6.48. The third-order valence-corrected chi connectivity index (χ3v) is 4.70. The van der Waals surface area contributed by atoms with Crippen LogP contribution >= 0.6 is 45.2 Å². The molecule has 0 fully saturated rings. The van der Waals surface area contributed by atoms with Crippen LogP contribution in [0.3, 0.4) is 0 Å². The van der Waals surface area contributed by atoms with Gasteiger partial charge in [0.2, 0.25) is 0 Å². The molecule has 4 nitrogen and oxygen atoms in total. The van der Waals surface area contributed by atoms with Crippen LogP contribution < -0.4 is 5.56 Å². The summed E-state index contributed by atoms with van der Waals surface area (Å²) >= 11 is 4.33. The van der Waals surface area contributed by atoms with Gasteiger partial charge in [-0.15, -0.1) is 0 Å². The van der Waals surface area contributed by atoms with Crippen LogP contribution in [0.4, 0.5) is 0 Å². The zero-order valence-corrected chi connectivity index (χ0v) is 15.6. The van der Waals surface area contributed by atoms with E-state index in [1.807, 2.05) is 12.1 Å². The molecule has 0 saturated carbocycles. The van der Waals surface area contributed by atoms with Gasteiger partial charge < -0.3 is 0 Å². The van der Waals surface area contributed by atoms with Gasteiger partial charge in [-0.25, -0.2) is 4.98 Å². The van der Waals surface area contributed by atoms with Gasteiger partial charge >= 0.3 is 0 Å². The molecule has 0 unspecified atom stereocenters. The molecule has 110 valence electrons. The summed E-state index contributed by atoms with van der Waals surface area (Å²) in [5.74, 6) is -0.107. The number of Topliss-reactive ketones (excluding diaryl/α,β-unsaturated/α-hetero) is 1. The van der Waals surface area contributed by atoms with Crippen LogP contribution in [0.15, 0.2) is 53.6 Å². The van der Waals surface area contributed by atoms with Gasteiger partial charge in [-0.05, 0) is 57.3 Å². The first kappa shape index (κ1) is 15.6. The highest BCUT2D eigenvalue weighted by molar-refractivity contribution is 14.1. The van der Waals surface area contributed by atoms with E-state index in [-0.39, 0.29) is 17.9 Å². The Balaban J connectivity index is 2.04. The lowest BCUT2D eigenvalue weighted by molar-refractivity contribution is 0.0970. The monoisotopic (exact) mass is 516 g/mol. The van der Waals surface area contributed by atoms with Gasteiger partial charge in [0.05, 0.1) is 23.8 Å². The highest BCUT2D eigenvalue weighted by atomic mass is 127. The van der Waals surface area contributed by atoms with E-state index in [4.69, 9.17) is 0 Å². The number of nitrogens with zero attached hydrogens (tertiary/aromatic N) is 2.